The maximum absolute atomic E-state index is 13.5. The summed E-state index contributed by atoms with van der Waals surface area (Å²) < 4.78 is 26.3. The number of hydrogen-bond donors (Lipinski definition) is 2. The summed E-state index contributed by atoms with van der Waals surface area (Å²) in [7, 11) is 1.60. The SMILES string of the molecule is CN(CC(=O)NC(=O)NC(C)(C)C)Cc1ccc(F)cc1F. The molecule has 0 unspecified atom stereocenters. The fourth-order valence-electron chi connectivity index (χ4n) is 1.78. The minimum absolute atomic E-state index is 0.0889. The highest BCUT2D eigenvalue weighted by molar-refractivity contribution is 5.95. The Balaban J connectivity index is 2.49. The molecule has 0 aromatic heterocycles. The van der Waals surface area contributed by atoms with Crippen molar-refractivity contribution in [3.05, 3.63) is 35.4 Å². The summed E-state index contributed by atoms with van der Waals surface area (Å²) in [5, 5.41) is 4.79. The lowest BCUT2D eigenvalue weighted by molar-refractivity contribution is -0.121. The van der Waals surface area contributed by atoms with Gasteiger partial charge in [0.1, 0.15) is 11.6 Å². The van der Waals surface area contributed by atoms with Crippen LogP contribution in [0.4, 0.5) is 13.6 Å². The standard InChI is InChI=1S/C15H21F2N3O2/c1-15(2,3)19-14(22)18-13(21)9-20(4)8-10-5-6-11(16)7-12(10)17/h5-7H,8-9H2,1-4H3,(H2,18,19,21,22). The molecular weight excluding hydrogens is 292 g/mol. The van der Waals surface area contributed by atoms with Crippen LogP contribution in [-0.4, -0.2) is 36.0 Å². The quantitative estimate of drug-likeness (QED) is 0.894. The molecule has 0 fully saturated rings. The van der Waals surface area contributed by atoms with Crippen LogP contribution >= 0.6 is 0 Å². The fourth-order valence-corrected chi connectivity index (χ4v) is 1.78. The van der Waals surface area contributed by atoms with Gasteiger partial charge in [-0.1, -0.05) is 6.07 Å². The van der Waals surface area contributed by atoms with E-state index in [1.54, 1.807) is 27.8 Å². The maximum Gasteiger partial charge on any atom is 0.321 e. The van der Waals surface area contributed by atoms with Gasteiger partial charge in [-0.15, -0.1) is 0 Å². The van der Waals surface area contributed by atoms with Crippen LogP contribution in [0.2, 0.25) is 0 Å². The summed E-state index contributed by atoms with van der Waals surface area (Å²) in [4.78, 5) is 24.8. The molecule has 0 radical (unpaired) electrons. The predicted octanol–water partition coefficient (Wildman–Crippen LogP) is 2.02. The number of amides is 3. The largest absolute Gasteiger partial charge is 0.333 e. The monoisotopic (exact) mass is 313 g/mol. The number of nitrogens with zero attached hydrogens (tertiary/aromatic N) is 1. The van der Waals surface area contributed by atoms with Gasteiger partial charge in [0.05, 0.1) is 6.54 Å². The summed E-state index contributed by atoms with van der Waals surface area (Å²) in [5.74, 6) is -1.83. The Morgan fingerprint density at radius 3 is 2.41 bits per heavy atom. The van der Waals surface area contributed by atoms with E-state index >= 15 is 0 Å². The van der Waals surface area contributed by atoms with Crippen molar-refractivity contribution in [3.8, 4) is 0 Å². The van der Waals surface area contributed by atoms with E-state index < -0.39 is 29.1 Å². The number of likely N-dealkylation sites (N-methyl/N-ethyl adjacent to an activating group) is 1. The summed E-state index contributed by atoms with van der Waals surface area (Å²) in [6, 6.07) is 2.69. The van der Waals surface area contributed by atoms with Crippen LogP contribution in [0.15, 0.2) is 18.2 Å². The number of benzene rings is 1. The van der Waals surface area contributed by atoms with Gasteiger partial charge in [0.25, 0.3) is 0 Å². The molecule has 0 spiro atoms. The molecule has 122 valence electrons. The molecule has 0 aliphatic carbocycles. The van der Waals surface area contributed by atoms with Crippen molar-refractivity contribution in [1.29, 1.82) is 0 Å². The van der Waals surface area contributed by atoms with Gasteiger partial charge >= 0.3 is 6.03 Å². The molecule has 2 N–H and O–H groups in total. The van der Waals surface area contributed by atoms with Gasteiger partial charge in [0.15, 0.2) is 0 Å². The van der Waals surface area contributed by atoms with E-state index in [0.717, 1.165) is 12.1 Å². The maximum atomic E-state index is 13.5. The molecule has 0 atom stereocenters. The third-order valence-corrected chi connectivity index (χ3v) is 2.61. The molecule has 22 heavy (non-hydrogen) atoms. The zero-order valence-electron chi connectivity index (χ0n) is 13.2. The number of imide groups is 1. The molecule has 1 aromatic rings. The van der Waals surface area contributed by atoms with Crippen LogP contribution in [0.25, 0.3) is 0 Å². The van der Waals surface area contributed by atoms with E-state index in [-0.39, 0.29) is 18.7 Å². The fraction of sp³-hybridized carbons (Fsp3) is 0.467. The second kappa shape index (κ2) is 7.31. The molecule has 0 saturated heterocycles. The van der Waals surface area contributed by atoms with Crippen LogP contribution in [0.5, 0.6) is 0 Å². The lowest BCUT2D eigenvalue weighted by Gasteiger charge is -2.21. The highest BCUT2D eigenvalue weighted by Gasteiger charge is 2.17. The minimum atomic E-state index is -0.669. The van der Waals surface area contributed by atoms with Crippen molar-refractivity contribution < 1.29 is 18.4 Å². The number of halogens is 2. The van der Waals surface area contributed by atoms with Gasteiger partial charge in [0, 0.05) is 23.7 Å². The van der Waals surface area contributed by atoms with E-state index in [1.807, 2.05) is 0 Å². The highest BCUT2D eigenvalue weighted by atomic mass is 19.1. The van der Waals surface area contributed by atoms with Crippen molar-refractivity contribution in [2.75, 3.05) is 13.6 Å². The summed E-state index contributed by atoms with van der Waals surface area (Å²) in [5.41, 5.74) is -0.177. The Hall–Kier alpha value is -2.02. The van der Waals surface area contributed by atoms with E-state index in [1.165, 1.54) is 11.0 Å². The average molecular weight is 313 g/mol. The van der Waals surface area contributed by atoms with E-state index in [4.69, 9.17) is 0 Å². The molecule has 1 aromatic carbocycles. The number of urea groups is 1. The van der Waals surface area contributed by atoms with Crippen molar-refractivity contribution in [1.82, 2.24) is 15.5 Å². The van der Waals surface area contributed by atoms with E-state index in [0.29, 0.717) is 0 Å². The van der Waals surface area contributed by atoms with Gasteiger partial charge in [-0.3, -0.25) is 15.0 Å². The lowest BCUT2D eigenvalue weighted by Crippen LogP contribution is -2.50. The normalized spacial score (nSPS) is 11.4. The van der Waals surface area contributed by atoms with Gasteiger partial charge in [-0.25, -0.2) is 13.6 Å². The third-order valence-electron chi connectivity index (χ3n) is 2.61. The van der Waals surface area contributed by atoms with Crippen molar-refractivity contribution in [2.24, 2.45) is 0 Å². The van der Waals surface area contributed by atoms with E-state index in [9.17, 15) is 18.4 Å². The first-order valence-electron chi connectivity index (χ1n) is 6.81. The molecule has 0 heterocycles. The number of hydrogen-bond acceptors (Lipinski definition) is 3. The molecule has 0 aliphatic heterocycles. The molecule has 1 rings (SSSR count). The van der Waals surface area contributed by atoms with Crippen LogP contribution < -0.4 is 10.6 Å². The minimum Gasteiger partial charge on any atom is -0.333 e. The van der Waals surface area contributed by atoms with Crippen LogP contribution in [0.1, 0.15) is 26.3 Å². The Labute approximate surface area is 128 Å². The van der Waals surface area contributed by atoms with Crippen molar-refractivity contribution >= 4 is 11.9 Å². The van der Waals surface area contributed by atoms with Gasteiger partial charge in [-0.05, 0) is 33.9 Å². The summed E-state index contributed by atoms with van der Waals surface area (Å²) in [6.45, 7) is 5.41. The molecule has 0 bridgehead atoms. The molecule has 0 aliphatic rings. The first kappa shape index (κ1) is 18.0. The zero-order chi connectivity index (χ0) is 16.9. The molecule has 3 amide bonds. The topological polar surface area (TPSA) is 61.4 Å². The number of carbonyl (C=O) groups is 2. The summed E-state index contributed by atoms with van der Waals surface area (Å²) >= 11 is 0. The van der Waals surface area contributed by atoms with Crippen LogP contribution in [0, 0.1) is 11.6 Å². The zero-order valence-corrected chi connectivity index (χ0v) is 13.2. The molecule has 0 saturated carbocycles. The van der Waals surface area contributed by atoms with Gasteiger partial charge in [-0.2, -0.15) is 0 Å². The Bertz CT molecular complexity index is 556. The molecular formula is C15H21F2N3O2. The predicted molar refractivity (Wildman–Crippen MR) is 79.1 cm³/mol. The first-order valence-corrected chi connectivity index (χ1v) is 6.81. The van der Waals surface area contributed by atoms with Crippen LogP contribution in [-0.2, 0) is 11.3 Å². The lowest BCUT2D eigenvalue weighted by atomic mass is 10.1. The van der Waals surface area contributed by atoms with Gasteiger partial charge in [0.2, 0.25) is 5.91 Å². The average Bonchev–Trinajstić information content (AvgIpc) is 2.29. The Kier molecular flexibility index (Phi) is 5.99. The second-order valence-corrected chi connectivity index (χ2v) is 6.16. The second-order valence-electron chi connectivity index (χ2n) is 6.16. The number of nitrogens with one attached hydrogen (secondary N) is 2. The van der Waals surface area contributed by atoms with Crippen molar-refractivity contribution in [3.63, 3.8) is 0 Å². The Morgan fingerprint density at radius 1 is 1.23 bits per heavy atom. The molecule has 7 heteroatoms. The smallest absolute Gasteiger partial charge is 0.321 e. The van der Waals surface area contributed by atoms with Gasteiger partial charge < -0.3 is 5.32 Å². The highest BCUT2D eigenvalue weighted by Crippen LogP contribution is 2.11. The first-order chi connectivity index (χ1) is 10.1. The molecule has 5 nitrogen and oxygen atoms in total. The van der Waals surface area contributed by atoms with Crippen LogP contribution in [0.3, 0.4) is 0 Å². The summed E-state index contributed by atoms with van der Waals surface area (Å²) in [6.07, 6.45) is 0. The van der Waals surface area contributed by atoms with E-state index in [2.05, 4.69) is 10.6 Å². The number of carbonyl (C=O) groups excluding carboxylic acids is 2. The third kappa shape index (κ3) is 6.62. The Morgan fingerprint density at radius 2 is 1.86 bits per heavy atom. The number of rotatable bonds is 4. The van der Waals surface area contributed by atoms with Crippen molar-refractivity contribution in [2.45, 2.75) is 32.9 Å².